The molecule has 13 heavy (non-hydrogen) atoms. The van der Waals surface area contributed by atoms with Gasteiger partial charge in [-0.1, -0.05) is 0 Å². The largest absolute Gasteiger partial charge is 0.479 e. The number of carboxylic acid groups (broad SMARTS) is 1. The molecule has 3 N–H and O–H groups in total. The molecular formula is C8H15NO4. The van der Waals surface area contributed by atoms with Crippen molar-refractivity contribution in [2.24, 2.45) is 0 Å². The van der Waals surface area contributed by atoms with E-state index in [4.69, 9.17) is 10.2 Å². The molecule has 0 saturated carbocycles. The van der Waals surface area contributed by atoms with Crippen LogP contribution in [0, 0.1) is 0 Å². The lowest BCUT2D eigenvalue weighted by Gasteiger charge is -2.12. The molecule has 0 fully saturated rings. The second-order valence-electron chi connectivity index (χ2n) is 3.03. The Balaban J connectivity index is 3.63. The Morgan fingerprint density at radius 3 is 2.31 bits per heavy atom. The number of aliphatic hydroxyl groups excluding tert-OH is 1. The summed E-state index contributed by atoms with van der Waals surface area (Å²) in [6.45, 7) is 3.15. The van der Waals surface area contributed by atoms with Crippen LogP contribution in [0.2, 0.25) is 0 Å². The predicted molar refractivity (Wildman–Crippen MR) is 46.2 cm³/mol. The van der Waals surface area contributed by atoms with Crippen molar-refractivity contribution in [3.05, 3.63) is 0 Å². The van der Waals surface area contributed by atoms with Gasteiger partial charge in [0, 0.05) is 13.0 Å². The lowest BCUT2D eigenvalue weighted by Crippen LogP contribution is -2.32. The fraction of sp³-hybridized carbons (Fsp3) is 0.750. The van der Waals surface area contributed by atoms with Crippen LogP contribution < -0.4 is 5.32 Å². The summed E-state index contributed by atoms with van der Waals surface area (Å²) in [5.74, 6) is -1.38. The number of aliphatic carboxylic acids is 1. The van der Waals surface area contributed by atoms with Crippen LogP contribution in [0.15, 0.2) is 0 Å². The van der Waals surface area contributed by atoms with Crippen molar-refractivity contribution in [3.63, 3.8) is 0 Å². The maximum Gasteiger partial charge on any atom is 0.332 e. The number of rotatable bonds is 5. The fourth-order valence-electron chi connectivity index (χ4n) is 0.951. The molecular weight excluding hydrogens is 174 g/mol. The smallest absolute Gasteiger partial charge is 0.332 e. The quantitative estimate of drug-likeness (QED) is 0.556. The molecule has 0 aromatic rings. The Kier molecular flexibility index (Phi) is 5.06. The van der Waals surface area contributed by atoms with Crippen LogP contribution in [0.5, 0.6) is 0 Å². The molecule has 2 unspecified atom stereocenters. The number of carbonyl (C=O) groups excluding carboxylic acids is 1. The number of nitrogens with one attached hydrogen (secondary N) is 1. The Hall–Kier alpha value is -1.10. The van der Waals surface area contributed by atoms with E-state index in [1.165, 1.54) is 6.92 Å². The molecule has 0 aromatic carbocycles. The summed E-state index contributed by atoms with van der Waals surface area (Å²) in [6, 6.07) is -0.105. The third-order valence-corrected chi connectivity index (χ3v) is 1.61. The first kappa shape index (κ1) is 11.9. The first-order valence-electron chi connectivity index (χ1n) is 4.11. The molecule has 76 valence electrons. The summed E-state index contributed by atoms with van der Waals surface area (Å²) in [5, 5.41) is 19.8. The fourth-order valence-corrected chi connectivity index (χ4v) is 0.951. The van der Waals surface area contributed by atoms with Crippen molar-refractivity contribution < 1.29 is 19.8 Å². The van der Waals surface area contributed by atoms with E-state index in [9.17, 15) is 9.59 Å². The summed E-state index contributed by atoms with van der Waals surface area (Å²) in [7, 11) is 0. The van der Waals surface area contributed by atoms with Crippen LogP contribution in [0.1, 0.15) is 26.7 Å². The van der Waals surface area contributed by atoms with E-state index < -0.39 is 12.1 Å². The number of hydrogen-bond acceptors (Lipinski definition) is 3. The van der Waals surface area contributed by atoms with Gasteiger partial charge in [-0.2, -0.15) is 0 Å². The van der Waals surface area contributed by atoms with Gasteiger partial charge in [-0.05, 0) is 19.8 Å². The topological polar surface area (TPSA) is 86.6 Å². The Labute approximate surface area is 76.8 Å². The first-order chi connectivity index (χ1) is 5.93. The van der Waals surface area contributed by atoms with Gasteiger partial charge in [0.25, 0.3) is 0 Å². The number of aliphatic hydroxyl groups is 1. The molecule has 0 aliphatic heterocycles. The molecule has 0 aliphatic rings. The average molecular weight is 189 g/mol. The van der Waals surface area contributed by atoms with Crippen molar-refractivity contribution in [2.75, 3.05) is 0 Å². The van der Waals surface area contributed by atoms with E-state index >= 15 is 0 Å². The summed E-state index contributed by atoms with van der Waals surface area (Å²) in [4.78, 5) is 20.7. The van der Waals surface area contributed by atoms with Crippen LogP contribution >= 0.6 is 0 Å². The highest BCUT2D eigenvalue weighted by Crippen LogP contribution is 2.01. The van der Waals surface area contributed by atoms with Crippen molar-refractivity contribution in [1.82, 2.24) is 5.32 Å². The standard InChI is InChI=1S/C8H15NO4/c1-5(9-6(2)10)3-4-7(11)8(12)13/h5,7,11H,3-4H2,1-2H3,(H,9,10)(H,12,13). The van der Waals surface area contributed by atoms with E-state index in [2.05, 4.69) is 5.32 Å². The minimum atomic E-state index is -1.34. The lowest BCUT2D eigenvalue weighted by atomic mass is 10.1. The predicted octanol–water partition coefficient (Wildman–Crippen LogP) is -0.263. The van der Waals surface area contributed by atoms with Gasteiger partial charge in [0.15, 0.2) is 6.10 Å². The van der Waals surface area contributed by atoms with E-state index in [-0.39, 0.29) is 18.4 Å². The summed E-state index contributed by atoms with van der Waals surface area (Å²) in [6.07, 6.45) is -0.736. The molecule has 0 aliphatic carbocycles. The number of carboxylic acids is 1. The Morgan fingerprint density at radius 2 is 1.92 bits per heavy atom. The molecule has 2 atom stereocenters. The van der Waals surface area contributed by atoms with Crippen LogP contribution in [0.25, 0.3) is 0 Å². The van der Waals surface area contributed by atoms with Crippen LogP contribution in [-0.4, -0.2) is 34.2 Å². The molecule has 0 rings (SSSR count). The summed E-state index contributed by atoms with van der Waals surface area (Å²) < 4.78 is 0. The van der Waals surface area contributed by atoms with Crippen molar-refractivity contribution in [2.45, 2.75) is 38.8 Å². The van der Waals surface area contributed by atoms with Gasteiger partial charge < -0.3 is 15.5 Å². The van der Waals surface area contributed by atoms with Crippen LogP contribution in [0.4, 0.5) is 0 Å². The molecule has 0 bridgehead atoms. The van der Waals surface area contributed by atoms with E-state index in [1.807, 2.05) is 0 Å². The zero-order valence-corrected chi connectivity index (χ0v) is 7.78. The van der Waals surface area contributed by atoms with Gasteiger partial charge >= 0.3 is 5.97 Å². The second-order valence-corrected chi connectivity index (χ2v) is 3.03. The molecule has 1 amide bonds. The van der Waals surface area contributed by atoms with Crippen LogP contribution in [-0.2, 0) is 9.59 Å². The zero-order chi connectivity index (χ0) is 10.4. The van der Waals surface area contributed by atoms with Gasteiger partial charge in [-0.3, -0.25) is 4.79 Å². The van der Waals surface area contributed by atoms with Gasteiger partial charge in [-0.15, -0.1) is 0 Å². The molecule has 0 saturated heterocycles. The number of carbonyl (C=O) groups is 2. The second kappa shape index (κ2) is 5.53. The lowest BCUT2D eigenvalue weighted by molar-refractivity contribution is -0.147. The number of hydrogen-bond donors (Lipinski definition) is 3. The van der Waals surface area contributed by atoms with E-state index in [1.54, 1.807) is 6.92 Å². The third-order valence-electron chi connectivity index (χ3n) is 1.61. The van der Waals surface area contributed by atoms with E-state index in [0.717, 1.165) is 0 Å². The molecule has 5 nitrogen and oxygen atoms in total. The monoisotopic (exact) mass is 189 g/mol. The van der Waals surface area contributed by atoms with Gasteiger partial charge in [0.1, 0.15) is 0 Å². The molecule has 0 radical (unpaired) electrons. The van der Waals surface area contributed by atoms with Crippen LogP contribution in [0.3, 0.4) is 0 Å². The highest BCUT2D eigenvalue weighted by Gasteiger charge is 2.14. The minimum absolute atomic E-state index is 0.105. The van der Waals surface area contributed by atoms with Gasteiger partial charge in [-0.25, -0.2) is 4.79 Å². The summed E-state index contributed by atoms with van der Waals surface area (Å²) in [5.41, 5.74) is 0. The normalized spacial score (nSPS) is 14.7. The highest BCUT2D eigenvalue weighted by molar-refractivity contribution is 5.73. The highest BCUT2D eigenvalue weighted by atomic mass is 16.4. The number of amides is 1. The van der Waals surface area contributed by atoms with Gasteiger partial charge in [0.05, 0.1) is 0 Å². The van der Waals surface area contributed by atoms with E-state index in [0.29, 0.717) is 6.42 Å². The maximum atomic E-state index is 10.5. The maximum absolute atomic E-state index is 10.5. The molecule has 0 aromatic heterocycles. The summed E-state index contributed by atoms with van der Waals surface area (Å²) >= 11 is 0. The zero-order valence-electron chi connectivity index (χ0n) is 7.78. The molecule has 0 heterocycles. The first-order valence-corrected chi connectivity index (χ1v) is 4.11. The van der Waals surface area contributed by atoms with Crippen molar-refractivity contribution >= 4 is 11.9 Å². The van der Waals surface area contributed by atoms with Crippen molar-refractivity contribution in [1.29, 1.82) is 0 Å². The average Bonchev–Trinajstić information content (AvgIpc) is 1.98. The third kappa shape index (κ3) is 6.10. The SMILES string of the molecule is CC(=O)NC(C)CCC(O)C(=O)O. The Morgan fingerprint density at radius 1 is 1.38 bits per heavy atom. The van der Waals surface area contributed by atoms with Gasteiger partial charge in [0.2, 0.25) is 5.91 Å². The Bertz CT molecular complexity index is 193. The minimum Gasteiger partial charge on any atom is -0.479 e. The molecule has 5 heteroatoms. The molecule has 0 spiro atoms. The van der Waals surface area contributed by atoms with Crippen molar-refractivity contribution in [3.8, 4) is 0 Å².